The first-order valence-electron chi connectivity index (χ1n) is 9.25. The Labute approximate surface area is 164 Å². The Balaban J connectivity index is 1.57. The van der Waals surface area contributed by atoms with E-state index < -0.39 is 5.91 Å². The number of nitriles is 1. The molecule has 7 heteroatoms. The molecule has 0 atom stereocenters. The molecule has 0 radical (unpaired) electrons. The maximum atomic E-state index is 12.4. The van der Waals surface area contributed by atoms with Crippen molar-refractivity contribution in [2.75, 3.05) is 43.0 Å². The SMILES string of the molecule is CCOc1ccc(NC(=O)/C(C#N)=C\N2CCN(c3ccccn3)CC2)cc1. The van der Waals surface area contributed by atoms with Crippen molar-refractivity contribution in [3.63, 3.8) is 0 Å². The Kier molecular flexibility index (Phi) is 6.47. The minimum absolute atomic E-state index is 0.0835. The zero-order valence-corrected chi connectivity index (χ0v) is 15.8. The van der Waals surface area contributed by atoms with Crippen LogP contribution in [0.15, 0.2) is 60.4 Å². The number of hydrogen-bond acceptors (Lipinski definition) is 6. The molecule has 1 N–H and O–H groups in total. The fourth-order valence-corrected chi connectivity index (χ4v) is 2.94. The number of nitrogens with one attached hydrogen (secondary N) is 1. The van der Waals surface area contributed by atoms with Gasteiger partial charge >= 0.3 is 0 Å². The molecule has 28 heavy (non-hydrogen) atoms. The van der Waals surface area contributed by atoms with Gasteiger partial charge in [0.2, 0.25) is 0 Å². The molecular formula is C21H23N5O2. The average Bonchev–Trinajstić information content (AvgIpc) is 2.74. The van der Waals surface area contributed by atoms with Gasteiger partial charge in [-0.05, 0) is 43.3 Å². The topological polar surface area (TPSA) is 81.5 Å². The molecule has 1 aromatic heterocycles. The van der Waals surface area contributed by atoms with E-state index in [4.69, 9.17) is 4.74 Å². The number of anilines is 2. The molecule has 0 bridgehead atoms. The Morgan fingerprint density at radius 1 is 1.21 bits per heavy atom. The summed E-state index contributed by atoms with van der Waals surface area (Å²) < 4.78 is 5.38. The van der Waals surface area contributed by atoms with Gasteiger partial charge in [-0.15, -0.1) is 0 Å². The highest BCUT2D eigenvalue weighted by atomic mass is 16.5. The van der Waals surface area contributed by atoms with Gasteiger partial charge in [0.25, 0.3) is 5.91 Å². The molecule has 2 aromatic rings. The molecule has 0 saturated carbocycles. The smallest absolute Gasteiger partial charge is 0.267 e. The summed E-state index contributed by atoms with van der Waals surface area (Å²) in [6, 6.07) is 14.9. The second-order valence-electron chi connectivity index (χ2n) is 6.28. The van der Waals surface area contributed by atoms with Crippen LogP contribution in [-0.4, -0.2) is 48.6 Å². The number of nitrogens with zero attached hydrogens (tertiary/aromatic N) is 4. The zero-order chi connectivity index (χ0) is 19.8. The van der Waals surface area contributed by atoms with Gasteiger partial charge in [-0.25, -0.2) is 4.98 Å². The molecule has 0 aliphatic carbocycles. The number of carbonyl (C=O) groups excluding carboxylic acids is 1. The third-order valence-electron chi connectivity index (χ3n) is 4.39. The second-order valence-corrected chi connectivity index (χ2v) is 6.28. The van der Waals surface area contributed by atoms with Crippen molar-refractivity contribution in [2.45, 2.75) is 6.92 Å². The van der Waals surface area contributed by atoms with Crippen molar-refractivity contribution < 1.29 is 9.53 Å². The van der Waals surface area contributed by atoms with E-state index >= 15 is 0 Å². The van der Waals surface area contributed by atoms with Crippen molar-refractivity contribution in [3.8, 4) is 11.8 Å². The van der Waals surface area contributed by atoms with Crippen LogP contribution in [0.2, 0.25) is 0 Å². The molecule has 1 aromatic carbocycles. The third-order valence-corrected chi connectivity index (χ3v) is 4.39. The van der Waals surface area contributed by atoms with Gasteiger partial charge in [0.05, 0.1) is 6.61 Å². The fourth-order valence-electron chi connectivity index (χ4n) is 2.94. The number of pyridine rings is 1. The molecular weight excluding hydrogens is 354 g/mol. The summed E-state index contributed by atoms with van der Waals surface area (Å²) in [6.45, 7) is 5.51. The van der Waals surface area contributed by atoms with Crippen LogP contribution >= 0.6 is 0 Å². The number of rotatable bonds is 6. The summed E-state index contributed by atoms with van der Waals surface area (Å²) >= 11 is 0. The molecule has 1 saturated heterocycles. The summed E-state index contributed by atoms with van der Waals surface area (Å²) in [6.07, 6.45) is 3.42. The first-order valence-corrected chi connectivity index (χ1v) is 9.25. The quantitative estimate of drug-likeness (QED) is 0.616. The maximum Gasteiger partial charge on any atom is 0.267 e. The number of amides is 1. The predicted molar refractivity (Wildman–Crippen MR) is 108 cm³/mol. The lowest BCUT2D eigenvalue weighted by molar-refractivity contribution is -0.112. The van der Waals surface area contributed by atoms with Crippen molar-refractivity contribution >= 4 is 17.4 Å². The minimum atomic E-state index is -0.418. The predicted octanol–water partition coefficient (Wildman–Crippen LogP) is 2.65. The third kappa shape index (κ3) is 5.01. The molecule has 144 valence electrons. The monoisotopic (exact) mass is 377 g/mol. The van der Waals surface area contributed by atoms with Crippen LogP contribution in [0.4, 0.5) is 11.5 Å². The van der Waals surface area contributed by atoms with Crippen molar-refractivity contribution in [1.82, 2.24) is 9.88 Å². The van der Waals surface area contributed by atoms with Crippen LogP contribution in [0.3, 0.4) is 0 Å². The molecule has 1 aliphatic heterocycles. The van der Waals surface area contributed by atoms with Gasteiger partial charge in [0, 0.05) is 44.3 Å². The fraction of sp³-hybridized carbons (Fsp3) is 0.286. The van der Waals surface area contributed by atoms with Gasteiger partial charge < -0.3 is 19.9 Å². The lowest BCUT2D eigenvalue weighted by Crippen LogP contribution is -2.44. The van der Waals surface area contributed by atoms with Crippen molar-refractivity contribution in [1.29, 1.82) is 5.26 Å². The van der Waals surface area contributed by atoms with E-state index in [0.717, 1.165) is 37.7 Å². The van der Waals surface area contributed by atoms with Gasteiger partial charge in [-0.1, -0.05) is 6.07 Å². The number of carbonyl (C=O) groups is 1. The van der Waals surface area contributed by atoms with Gasteiger partial charge in [0.1, 0.15) is 23.2 Å². The highest BCUT2D eigenvalue weighted by Crippen LogP contribution is 2.17. The standard InChI is InChI=1S/C21H23N5O2/c1-2-28-19-8-6-18(7-9-19)24-21(27)17(15-22)16-25-11-13-26(14-12-25)20-5-3-4-10-23-20/h3-10,16H,2,11-14H2,1H3,(H,24,27)/b17-16-. The van der Waals surface area contributed by atoms with Crippen molar-refractivity contribution in [3.05, 3.63) is 60.4 Å². The summed E-state index contributed by atoms with van der Waals surface area (Å²) in [7, 11) is 0. The Hall–Kier alpha value is -3.53. The Bertz CT molecular complexity index is 851. The molecule has 7 nitrogen and oxygen atoms in total. The van der Waals surface area contributed by atoms with Gasteiger partial charge in [0.15, 0.2) is 0 Å². The molecule has 0 spiro atoms. The number of piperazine rings is 1. The number of hydrogen-bond donors (Lipinski definition) is 1. The molecule has 2 heterocycles. The van der Waals surface area contributed by atoms with E-state index in [1.807, 2.05) is 36.1 Å². The van der Waals surface area contributed by atoms with E-state index in [-0.39, 0.29) is 5.57 Å². The first kappa shape index (κ1) is 19.2. The van der Waals surface area contributed by atoms with Crippen LogP contribution in [0.5, 0.6) is 5.75 Å². The lowest BCUT2D eigenvalue weighted by Gasteiger charge is -2.34. The molecule has 1 fully saturated rings. The Morgan fingerprint density at radius 3 is 2.57 bits per heavy atom. The molecule has 1 amide bonds. The van der Waals surface area contributed by atoms with E-state index in [1.165, 1.54) is 0 Å². The number of ether oxygens (including phenoxy) is 1. The van der Waals surface area contributed by atoms with Crippen molar-refractivity contribution in [2.24, 2.45) is 0 Å². The molecule has 1 aliphatic rings. The van der Waals surface area contributed by atoms with Crippen LogP contribution in [0, 0.1) is 11.3 Å². The maximum absolute atomic E-state index is 12.4. The second kappa shape index (κ2) is 9.42. The van der Waals surface area contributed by atoms with Crippen LogP contribution in [-0.2, 0) is 4.79 Å². The largest absolute Gasteiger partial charge is 0.494 e. The van der Waals surface area contributed by atoms with Crippen LogP contribution in [0.1, 0.15) is 6.92 Å². The Morgan fingerprint density at radius 2 is 1.96 bits per heavy atom. The highest BCUT2D eigenvalue weighted by Gasteiger charge is 2.18. The van der Waals surface area contributed by atoms with E-state index in [0.29, 0.717) is 12.3 Å². The molecule has 0 unspecified atom stereocenters. The van der Waals surface area contributed by atoms with E-state index in [2.05, 4.69) is 15.2 Å². The van der Waals surface area contributed by atoms with Crippen LogP contribution < -0.4 is 15.0 Å². The van der Waals surface area contributed by atoms with E-state index in [1.54, 1.807) is 36.7 Å². The van der Waals surface area contributed by atoms with Crippen LogP contribution in [0.25, 0.3) is 0 Å². The highest BCUT2D eigenvalue weighted by molar-refractivity contribution is 6.06. The van der Waals surface area contributed by atoms with Gasteiger partial charge in [-0.3, -0.25) is 4.79 Å². The summed E-state index contributed by atoms with van der Waals surface area (Å²) in [4.78, 5) is 21.0. The van der Waals surface area contributed by atoms with Gasteiger partial charge in [-0.2, -0.15) is 5.26 Å². The minimum Gasteiger partial charge on any atom is -0.494 e. The average molecular weight is 377 g/mol. The first-order chi connectivity index (χ1) is 13.7. The summed E-state index contributed by atoms with van der Waals surface area (Å²) in [5.41, 5.74) is 0.703. The lowest BCUT2D eigenvalue weighted by atomic mass is 10.2. The summed E-state index contributed by atoms with van der Waals surface area (Å²) in [5.74, 6) is 1.26. The van der Waals surface area contributed by atoms with E-state index in [9.17, 15) is 10.1 Å². The summed E-state index contributed by atoms with van der Waals surface area (Å²) in [5, 5.41) is 12.2. The molecule has 3 rings (SSSR count). The zero-order valence-electron chi connectivity index (χ0n) is 15.8. The number of aromatic nitrogens is 1. The number of benzene rings is 1. The normalized spacial score (nSPS) is 14.4.